The molecule has 3 rings (SSSR count). The molecule has 1 aromatic heterocycles. The molecule has 1 aliphatic rings. The zero-order valence-electron chi connectivity index (χ0n) is 17.3. The summed E-state index contributed by atoms with van der Waals surface area (Å²) in [5.74, 6) is 0.851. The van der Waals surface area contributed by atoms with Crippen LogP contribution in [0, 0.1) is 0 Å². The van der Waals surface area contributed by atoms with Crippen molar-refractivity contribution in [1.29, 1.82) is 0 Å². The number of carbonyl (C=O) groups excluding carboxylic acids is 1. The fourth-order valence-electron chi connectivity index (χ4n) is 3.24. The molecule has 150 valence electrons. The number of imidazole rings is 1. The molecule has 28 heavy (non-hydrogen) atoms. The Morgan fingerprint density at radius 2 is 1.75 bits per heavy atom. The van der Waals surface area contributed by atoms with E-state index >= 15 is 0 Å². The number of carbonyl (C=O) groups is 1. The smallest absolute Gasteiger partial charge is 0.399 e. The Morgan fingerprint density at radius 1 is 1.14 bits per heavy atom. The summed E-state index contributed by atoms with van der Waals surface area (Å²) in [6, 6.07) is 8.10. The summed E-state index contributed by atoms with van der Waals surface area (Å²) >= 11 is 6.16. The maximum Gasteiger partial charge on any atom is 0.494 e. The molecular formula is C21H28BClN2O3. The predicted molar refractivity (Wildman–Crippen MR) is 112 cm³/mol. The lowest BCUT2D eigenvalue weighted by Crippen LogP contribution is -2.41. The second-order valence-electron chi connectivity index (χ2n) is 8.34. The van der Waals surface area contributed by atoms with Crippen LogP contribution in [0.2, 0.25) is 5.15 Å². The standard InChI is InChI=1S/C21H28BClN2O3/c1-6-7-8-18-24-19(23)17(14-26)25(18)13-15-9-11-16(12-10-15)22-27-20(2,3)21(4,5)28-22/h9-12,14H,6-8,13H2,1-5H3. The van der Waals surface area contributed by atoms with E-state index in [0.717, 1.165) is 42.4 Å². The molecule has 5 nitrogen and oxygen atoms in total. The van der Waals surface area contributed by atoms with Crippen molar-refractivity contribution in [2.75, 3.05) is 0 Å². The van der Waals surface area contributed by atoms with E-state index in [4.69, 9.17) is 20.9 Å². The lowest BCUT2D eigenvalue weighted by Gasteiger charge is -2.32. The van der Waals surface area contributed by atoms with Gasteiger partial charge in [-0.25, -0.2) is 4.98 Å². The van der Waals surface area contributed by atoms with Crippen LogP contribution in [0.3, 0.4) is 0 Å². The highest BCUT2D eigenvalue weighted by Crippen LogP contribution is 2.36. The highest BCUT2D eigenvalue weighted by molar-refractivity contribution is 6.62. The fourth-order valence-corrected chi connectivity index (χ4v) is 3.48. The van der Waals surface area contributed by atoms with Gasteiger partial charge in [-0.3, -0.25) is 4.79 Å². The topological polar surface area (TPSA) is 53.4 Å². The van der Waals surface area contributed by atoms with Crippen molar-refractivity contribution in [3.05, 3.63) is 46.5 Å². The van der Waals surface area contributed by atoms with Gasteiger partial charge in [0.15, 0.2) is 11.4 Å². The van der Waals surface area contributed by atoms with Gasteiger partial charge in [0.2, 0.25) is 0 Å². The minimum atomic E-state index is -0.382. The van der Waals surface area contributed by atoms with Crippen LogP contribution in [0.4, 0.5) is 0 Å². The van der Waals surface area contributed by atoms with E-state index in [1.54, 1.807) is 0 Å². The Kier molecular flexibility index (Phi) is 6.04. The van der Waals surface area contributed by atoms with Gasteiger partial charge in [-0.05, 0) is 45.1 Å². The van der Waals surface area contributed by atoms with Gasteiger partial charge in [0, 0.05) is 13.0 Å². The molecule has 1 saturated heterocycles. The van der Waals surface area contributed by atoms with E-state index in [1.165, 1.54) is 0 Å². The van der Waals surface area contributed by atoms with Gasteiger partial charge in [-0.15, -0.1) is 0 Å². The summed E-state index contributed by atoms with van der Waals surface area (Å²) in [7, 11) is -0.382. The normalized spacial score (nSPS) is 17.9. The number of nitrogens with zero attached hydrogens (tertiary/aromatic N) is 2. The number of halogens is 1. The SMILES string of the molecule is CCCCc1nc(Cl)c(C=O)n1Cc1ccc(B2OC(C)(C)C(C)(C)O2)cc1. The molecule has 0 bridgehead atoms. The average Bonchev–Trinajstić information content (AvgIpc) is 3.05. The number of rotatable bonds is 7. The lowest BCUT2D eigenvalue weighted by molar-refractivity contribution is 0.00578. The summed E-state index contributed by atoms with van der Waals surface area (Å²) in [5.41, 5.74) is 1.75. The van der Waals surface area contributed by atoms with Gasteiger partial charge < -0.3 is 13.9 Å². The average molecular weight is 403 g/mol. The Hall–Kier alpha value is -1.63. The Bertz CT molecular complexity index is 830. The summed E-state index contributed by atoms with van der Waals surface area (Å²) in [6.45, 7) is 10.9. The molecule has 0 aliphatic carbocycles. The summed E-state index contributed by atoms with van der Waals surface area (Å²) in [4.78, 5) is 15.9. The van der Waals surface area contributed by atoms with Crippen molar-refractivity contribution in [3.63, 3.8) is 0 Å². The predicted octanol–water partition coefficient (Wildman–Crippen LogP) is 4.04. The molecule has 0 amide bonds. The highest BCUT2D eigenvalue weighted by Gasteiger charge is 2.51. The minimum Gasteiger partial charge on any atom is -0.399 e. The van der Waals surface area contributed by atoms with Crippen molar-refractivity contribution in [2.24, 2.45) is 0 Å². The number of hydrogen-bond donors (Lipinski definition) is 0. The molecule has 0 radical (unpaired) electrons. The van der Waals surface area contributed by atoms with Crippen LogP contribution in [-0.4, -0.2) is 34.2 Å². The van der Waals surface area contributed by atoms with Crippen molar-refractivity contribution in [1.82, 2.24) is 9.55 Å². The van der Waals surface area contributed by atoms with Crippen LogP contribution in [0.5, 0.6) is 0 Å². The number of unbranched alkanes of at least 4 members (excludes halogenated alkanes) is 1. The third kappa shape index (κ3) is 4.05. The number of aldehydes is 1. The first-order chi connectivity index (χ1) is 13.2. The third-order valence-corrected chi connectivity index (χ3v) is 6.03. The molecule has 2 aromatic rings. The molecular weight excluding hydrogens is 375 g/mol. The van der Waals surface area contributed by atoms with E-state index < -0.39 is 0 Å². The van der Waals surface area contributed by atoms with Crippen molar-refractivity contribution in [2.45, 2.75) is 71.6 Å². The molecule has 0 spiro atoms. The zero-order chi connectivity index (χ0) is 20.5. The lowest BCUT2D eigenvalue weighted by atomic mass is 9.79. The van der Waals surface area contributed by atoms with Gasteiger partial charge in [0.05, 0.1) is 11.2 Å². The van der Waals surface area contributed by atoms with E-state index in [1.807, 2.05) is 56.5 Å². The van der Waals surface area contributed by atoms with Gasteiger partial charge >= 0.3 is 7.12 Å². The molecule has 1 aromatic carbocycles. The van der Waals surface area contributed by atoms with E-state index in [2.05, 4.69) is 11.9 Å². The summed E-state index contributed by atoms with van der Waals surface area (Å²) in [6.07, 6.45) is 3.65. The van der Waals surface area contributed by atoms with Crippen molar-refractivity contribution in [3.8, 4) is 0 Å². The summed E-state index contributed by atoms with van der Waals surface area (Å²) < 4.78 is 14.1. The fraction of sp³-hybridized carbons (Fsp3) is 0.524. The third-order valence-electron chi connectivity index (χ3n) is 5.75. The van der Waals surface area contributed by atoms with Crippen LogP contribution in [0.1, 0.15) is 69.3 Å². The van der Waals surface area contributed by atoms with E-state index in [0.29, 0.717) is 12.2 Å². The van der Waals surface area contributed by atoms with Gasteiger partial charge in [-0.1, -0.05) is 49.2 Å². The van der Waals surface area contributed by atoms with Crippen LogP contribution in [0.15, 0.2) is 24.3 Å². The molecule has 1 fully saturated rings. The van der Waals surface area contributed by atoms with Gasteiger partial charge in [0.1, 0.15) is 11.5 Å². The van der Waals surface area contributed by atoms with Crippen LogP contribution >= 0.6 is 11.6 Å². The van der Waals surface area contributed by atoms with Crippen LogP contribution in [0.25, 0.3) is 0 Å². The molecule has 7 heteroatoms. The van der Waals surface area contributed by atoms with Crippen LogP contribution in [-0.2, 0) is 22.3 Å². The first kappa shape index (κ1) is 21.1. The Labute approximate surface area is 172 Å². The van der Waals surface area contributed by atoms with E-state index in [-0.39, 0.29) is 23.5 Å². The summed E-state index contributed by atoms with van der Waals surface area (Å²) in [5, 5.41) is 0.273. The molecule has 0 N–H and O–H groups in total. The first-order valence-electron chi connectivity index (χ1n) is 9.83. The zero-order valence-corrected chi connectivity index (χ0v) is 18.0. The van der Waals surface area contributed by atoms with Crippen molar-refractivity contribution >= 4 is 30.5 Å². The second kappa shape index (κ2) is 8.01. The largest absolute Gasteiger partial charge is 0.494 e. The molecule has 0 saturated carbocycles. The minimum absolute atomic E-state index is 0.273. The Morgan fingerprint density at radius 3 is 2.29 bits per heavy atom. The molecule has 0 unspecified atom stereocenters. The molecule has 1 aliphatic heterocycles. The van der Waals surface area contributed by atoms with Crippen LogP contribution < -0.4 is 5.46 Å². The maximum atomic E-state index is 11.5. The molecule has 0 atom stereocenters. The van der Waals surface area contributed by atoms with E-state index in [9.17, 15) is 4.79 Å². The Balaban J connectivity index is 1.79. The monoisotopic (exact) mass is 402 g/mol. The first-order valence-corrected chi connectivity index (χ1v) is 10.2. The second-order valence-corrected chi connectivity index (χ2v) is 8.70. The molecule has 2 heterocycles. The number of aryl methyl sites for hydroxylation is 1. The number of aromatic nitrogens is 2. The highest BCUT2D eigenvalue weighted by atomic mass is 35.5. The van der Waals surface area contributed by atoms with Gasteiger partial charge in [0.25, 0.3) is 0 Å². The number of benzene rings is 1. The quantitative estimate of drug-likeness (QED) is 0.518. The number of hydrogen-bond acceptors (Lipinski definition) is 4. The maximum absolute atomic E-state index is 11.5. The van der Waals surface area contributed by atoms with Gasteiger partial charge in [-0.2, -0.15) is 0 Å². The van der Waals surface area contributed by atoms with Crippen molar-refractivity contribution < 1.29 is 14.1 Å².